The predicted octanol–water partition coefficient (Wildman–Crippen LogP) is 2.61. The van der Waals surface area contributed by atoms with Crippen LogP contribution < -0.4 is 10.5 Å². The summed E-state index contributed by atoms with van der Waals surface area (Å²) in [5.74, 6) is -3.21. The van der Waals surface area contributed by atoms with Crippen molar-refractivity contribution in [1.29, 1.82) is 0 Å². The first-order chi connectivity index (χ1) is 17.2. The molecule has 0 aliphatic carbocycles. The maximum absolute atomic E-state index is 14.4. The van der Waals surface area contributed by atoms with Crippen molar-refractivity contribution in [2.75, 3.05) is 13.1 Å². The molecule has 4 heterocycles. The number of pyridine rings is 1. The Morgan fingerprint density at radius 1 is 1.11 bits per heavy atom. The van der Waals surface area contributed by atoms with Gasteiger partial charge in [0.1, 0.15) is 17.7 Å². The molecule has 1 saturated heterocycles. The number of ether oxygens (including phenoxy) is 1. The molecule has 10 nitrogen and oxygen atoms in total. The number of rotatable bonds is 5. The monoisotopic (exact) mass is 499 g/mol. The number of urea groups is 1. The van der Waals surface area contributed by atoms with Crippen LogP contribution in [-0.2, 0) is 7.05 Å². The first kappa shape index (κ1) is 23.3. The first-order valence-electron chi connectivity index (χ1n) is 10.9. The summed E-state index contributed by atoms with van der Waals surface area (Å²) in [4.78, 5) is 30.2. The molecule has 1 aromatic carbocycles. The van der Waals surface area contributed by atoms with Gasteiger partial charge in [-0.05, 0) is 29.8 Å². The molecule has 1 atom stereocenters. The zero-order valence-electron chi connectivity index (χ0n) is 18.9. The topological polar surface area (TPSA) is 119 Å². The van der Waals surface area contributed by atoms with Crippen molar-refractivity contribution in [2.45, 2.75) is 18.6 Å². The molecule has 0 spiro atoms. The second kappa shape index (κ2) is 8.98. The Kier molecular flexibility index (Phi) is 5.82. The predicted molar refractivity (Wildman–Crippen MR) is 120 cm³/mol. The summed E-state index contributed by atoms with van der Waals surface area (Å²) < 4.78 is 48.8. The molecule has 2 aliphatic heterocycles. The van der Waals surface area contributed by atoms with Crippen LogP contribution in [0.4, 0.5) is 18.0 Å². The van der Waals surface area contributed by atoms with E-state index in [-0.39, 0.29) is 30.2 Å². The molecule has 13 heteroatoms. The number of hydrogen-bond acceptors (Lipinski definition) is 6. The lowest BCUT2D eigenvalue weighted by Crippen LogP contribution is -2.59. The van der Waals surface area contributed by atoms with E-state index in [2.05, 4.69) is 15.2 Å². The van der Waals surface area contributed by atoms with Gasteiger partial charge in [-0.1, -0.05) is 0 Å². The number of primary amides is 1. The smallest absolute Gasteiger partial charge is 0.341 e. The van der Waals surface area contributed by atoms with Crippen molar-refractivity contribution >= 4 is 18.2 Å². The highest BCUT2D eigenvalue weighted by Gasteiger charge is 2.39. The average molecular weight is 499 g/mol. The molecule has 36 heavy (non-hydrogen) atoms. The molecule has 0 saturated carbocycles. The summed E-state index contributed by atoms with van der Waals surface area (Å²) in [6.07, 6.45) is 2.56. The zero-order valence-corrected chi connectivity index (χ0v) is 18.9. The Hall–Kier alpha value is -4.42. The lowest BCUT2D eigenvalue weighted by molar-refractivity contribution is 0.0231. The third-order valence-electron chi connectivity index (χ3n) is 5.95. The number of likely N-dealkylation sites (tertiary alicyclic amines) is 1. The van der Waals surface area contributed by atoms with Crippen LogP contribution in [0.2, 0.25) is 0 Å². The van der Waals surface area contributed by atoms with Crippen molar-refractivity contribution in [2.24, 2.45) is 17.9 Å². The van der Waals surface area contributed by atoms with Gasteiger partial charge in [0.05, 0.1) is 42.3 Å². The van der Waals surface area contributed by atoms with Crippen LogP contribution in [0.25, 0.3) is 11.4 Å². The molecule has 0 radical (unpaired) electrons. The van der Waals surface area contributed by atoms with Gasteiger partial charge in [-0.2, -0.15) is 10.2 Å². The summed E-state index contributed by atoms with van der Waals surface area (Å²) in [6, 6.07) is 4.50. The van der Waals surface area contributed by atoms with E-state index in [1.54, 1.807) is 7.05 Å². The number of amides is 3. The minimum absolute atomic E-state index is 0.124. The fourth-order valence-corrected chi connectivity index (χ4v) is 4.17. The molecule has 2 aliphatic rings. The van der Waals surface area contributed by atoms with Crippen molar-refractivity contribution in [1.82, 2.24) is 24.7 Å². The van der Waals surface area contributed by atoms with E-state index in [9.17, 15) is 22.8 Å². The highest BCUT2D eigenvalue weighted by molar-refractivity contribution is 5.98. The van der Waals surface area contributed by atoms with Crippen molar-refractivity contribution in [3.8, 4) is 17.3 Å². The maximum Gasteiger partial charge on any atom is 0.341 e. The largest absolute Gasteiger partial charge is 0.468 e. The molecule has 2 aromatic heterocycles. The van der Waals surface area contributed by atoms with Gasteiger partial charge in [-0.3, -0.25) is 9.48 Å². The zero-order chi connectivity index (χ0) is 25.6. The Balaban J connectivity index is 1.26. The van der Waals surface area contributed by atoms with E-state index in [0.29, 0.717) is 17.7 Å². The maximum atomic E-state index is 14.4. The molecular weight excluding hydrogens is 479 g/mol. The van der Waals surface area contributed by atoms with E-state index in [1.807, 2.05) is 0 Å². The van der Waals surface area contributed by atoms with Gasteiger partial charge in [0.2, 0.25) is 0 Å². The third kappa shape index (κ3) is 4.23. The normalized spacial score (nSPS) is 17.4. The van der Waals surface area contributed by atoms with E-state index < -0.39 is 41.5 Å². The first-order valence-corrected chi connectivity index (χ1v) is 10.9. The van der Waals surface area contributed by atoms with E-state index >= 15 is 0 Å². The van der Waals surface area contributed by atoms with E-state index in [4.69, 9.17) is 10.5 Å². The Morgan fingerprint density at radius 2 is 1.83 bits per heavy atom. The molecule has 1 fully saturated rings. The van der Waals surface area contributed by atoms with Gasteiger partial charge >= 0.3 is 6.03 Å². The number of nitrogens with two attached hydrogens (primary N) is 1. The number of nitrogens with zero attached hydrogens (tertiary/aromatic N) is 6. The quantitative estimate of drug-likeness (QED) is 0.579. The number of hydrazone groups is 1. The van der Waals surface area contributed by atoms with Crippen LogP contribution in [-0.4, -0.2) is 62.0 Å². The van der Waals surface area contributed by atoms with Crippen LogP contribution in [0.3, 0.4) is 0 Å². The van der Waals surface area contributed by atoms with Crippen molar-refractivity contribution in [3.63, 3.8) is 0 Å². The number of benzene rings is 1. The molecular formula is C23H20F3N7O3. The second-order valence-corrected chi connectivity index (χ2v) is 8.40. The molecule has 3 amide bonds. The molecule has 5 rings (SSSR count). The number of carbonyl (C=O) groups is 2. The summed E-state index contributed by atoms with van der Waals surface area (Å²) in [5, 5.41) is 9.23. The fourth-order valence-electron chi connectivity index (χ4n) is 4.17. The number of aromatic nitrogens is 3. The van der Waals surface area contributed by atoms with Crippen LogP contribution in [0, 0.1) is 17.5 Å². The number of hydrogen-bond donors (Lipinski definition) is 1. The Labute approximate surface area is 202 Å². The fraction of sp³-hybridized carbons (Fsp3) is 0.261. The summed E-state index contributed by atoms with van der Waals surface area (Å²) in [5.41, 5.74) is 6.36. The highest BCUT2D eigenvalue weighted by Crippen LogP contribution is 2.32. The Bertz CT molecular complexity index is 1370. The van der Waals surface area contributed by atoms with E-state index in [0.717, 1.165) is 29.3 Å². The van der Waals surface area contributed by atoms with Gasteiger partial charge in [0, 0.05) is 25.7 Å². The standard InChI is InChI=1S/C23H20F3N7O3/c1-31-20(16(9-29-31)21(27)34)18-3-2-17(26)22(30-18)36-15-10-32(11-15)23(35)33-19(4-5-28-33)12-6-13(24)8-14(25)7-12/h2-3,5-9,15,19H,4,10-11H2,1H3,(H2,27,34)/t19-/m0/s1. The molecule has 0 bridgehead atoms. The SMILES string of the molecule is Cn1ncc(C(N)=O)c1-c1ccc(F)c(OC2CN(C(=O)N3N=CC[C@H]3c3cc(F)cc(F)c3)C2)n1. The van der Waals surface area contributed by atoms with Gasteiger partial charge in [-0.25, -0.2) is 28.0 Å². The summed E-state index contributed by atoms with van der Waals surface area (Å²) in [6.45, 7) is 0.247. The van der Waals surface area contributed by atoms with Crippen LogP contribution in [0.5, 0.6) is 5.88 Å². The second-order valence-electron chi connectivity index (χ2n) is 8.40. The molecule has 0 unspecified atom stereocenters. The minimum Gasteiger partial charge on any atom is -0.468 e. The van der Waals surface area contributed by atoms with Gasteiger partial charge in [0.25, 0.3) is 11.8 Å². The average Bonchev–Trinajstić information content (AvgIpc) is 3.43. The van der Waals surface area contributed by atoms with Crippen molar-refractivity contribution < 1.29 is 27.5 Å². The number of aryl methyl sites for hydroxylation is 1. The molecule has 186 valence electrons. The van der Waals surface area contributed by atoms with Gasteiger partial charge < -0.3 is 15.4 Å². The van der Waals surface area contributed by atoms with E-state index in [1.165, 1.54) is 28.1 Å². The molecule has 3 aromatic rings. The van der Waals surface area contributed by atoms with Crippen LogP contribution in [0.15, 0.2) is 41.6 Å². The van der Waals surface area contributed by atoms with Crippen LogP contribution in [0.1, 0.15) is 28.4 Å². The number of halogens is 3. The number of carbonyl (C=O) groups excluding carboxylic acids is 2. The Morgan fingerprint density at radius 3 is 2.53 bits per heavy atom. The summed E-state index contributed by atoms with van der Waals surface area (Å²) >= 11 is 0. The lowest BCUT2D eigenvalue weighted by Gasteiger charge is -2.40. The summed E-state index contributed by atoms with van der Waals surface area (Å²) in [7, 11) is 1.59. The van der Waals surface area contributed by atoms with Gasteiger partial charge in [-0.15, -0.1) is 0 Å². The van der Waals surface area contributed by atoms with Crippen LogP contribution >= 0.6 is 0 Å². The molecule has 2 N–H and O–H groups in total. The highest BCUT2D eigenvalue weighted by atomic mass is 19.1. The third-order valence-corrected chi connectivity index (χ3v) is 5.95. The van der Waals surface area contributed by atoms with Gasteiger partial charge in [0.15, 0.2) is 5.82 Å². The lowest BCUT2D eigenvalue weighted by atomic mass is 10.0. The van der Waals surface area contributed by atoms with Crippen molar-refractivity contribution in [3.05, 3.63) is 65.1 Å². The minimum atomic E-state index is -0.743.